The number of nitrogens with zero attached hydrogens (tertiary/aromatic N) is 2. The van der Waals surface area contributed by atoms with Crippen molar-refractivity contribution in [2.24, 2.45) is 0 Å². The van der Waals surface area contributed by atoms with Crippen LogP contribution in [0.3, 0.4) is 0 Å². The van der Waals surface area contributed by atoms with Crippen molar-refractivity contribution in [2.75, 3.05) is 0 Å². The minimum absolute atomic E-state index is 0.275. The number of aromatic nitrogens is 2. The number of aromatic amines is 1. The summed E-state index contributed by atoms with van der Waals surface area (Å²) in [7, 11) is 0. The highest BCUT2D eigenvalue weighted by molar-refractivity contribution is 5.98. The SMILES string of the molecule is CCn1c(=O)[nH]c2cc(C(=O)NC3(C#N)CCCC3)ccc2c1=O. The van der Waals surface area contributed by atoms with Gasteiger partial charge in [0.25, 0.3) is 11.5 Å². The van der Waals surface area contributed by atoms with Crippen LogP contribution in [0.4, 0.5) is 0 Å². The lowest BCUT2D eigenvalue weighted by Gasteiger charge is -2.22. The minimum Gasteiger partial charge on any atom is -0.334 e. The minimum atomic E-state index is -0.814. The van der Waals surface area contributed by atoms with Gasteiger partial charge in [0.1, 0.15) is 5.54 Å². The third-order valence-electron chi connectivity index (χ3n) is 4.58. The molecule has 1 fully saturated rings. The molecule has 0 radical (unpaired) electrons. The zero-order valence-electron chi connectivity index (χ0n) is 13.4. The Balaban J connectivity index is 1.99. The van der Waals surface area contributed by atoms with Crippen molar-refractivity contribution in [3.8, 4) is 6.07 Å². The summed E-state index contributed by atoms with van der Waals surface area (Å²) in [4.78, 5) is 39.2. The predicted octanol–water partition coefficient (Wildman–Crippen LogP) is 1.28. The number of nitriles is 1. The van der Waals surface area contributed by atoms with E-state index in [0.717, 1.165) is 17.4 Å². The van der Waals surface area contributed by atoms with E-state index in [9.17, 15) is 19.6 Å². The van der Waals surface area contributed by atoms with Gasteiger partial charge in [-0.05, 0) is 50.8 Å². The number of carbonyl (C=O) groups excluding carboxylic acids is 1. The molecular formula is C17H18N4O3. The van der Waals surface area contributed by atoms with Crippen LogP contribution in [-0.2, 0) is 6.54 Å². The first kappa shape index (κ1) is 16.0. The maximum atomic E-state index is 12.5. The number of H-pyrrole nitrogens is 1. The molecule has 7 nitrogen and oxygen atoms in total. The molecule has 0 atom stereocenters. The maximum absolute atomic E-state index is 12.5. The van der Waals surface area contributed by atoms with Crippen molar-refractivity contribution < 1.29 is 4.79 Å². The smallest absolute Gasteiger partial charge is 0.328 e. The van der Waals surface area contributed by atoms with Gasteiger partial charge >= 0.3 is 5.69 Å². The number of hydrogen-bond donors (Lipinski definition) is 2. The lowest BCUT2D eigenvalue weighted by molar-refractivity contribution is 0.0921. The topological polar surface area (TPSA) is 108 Å². The Labute approximate surface area is 137 Å². The largest absolute Gasteiger partial charge is 0.334 e. The van der Waals surface area contributed by atoms with Crippen molar-refractivity contribution >= 4 is 16.8 Å². The van der Waals surface area contributed by atoms with E-state index in [1.807, 2.05) is 0 Å². The number of rotatable bonds is 3. The van der Waals surface area contributed by atoms with Crippen LogP contribution in [-0.4, -0.2) is 21.0 Å². The highest BCUT2D eigenvalue weighted by atomic mass is 16.2. The van der Waals surface area contributed by atoms with E-state index < -0.39 is 11.2 Å². The van der Waals surface area contributed by atoms with Crippen LogP contribution in [0.1, 0.15) is 43.0 Å². The number of fused-ring (bicyclic) bond motifs is 1. The van der Waals surface area contributed by atoms with Gasteiger partial charge in [-0.25, -0.2) is 4.79 Å². The van der Waals surface area contributed by atoms with Crippen molar-refractivity contribution in [1.29, 1.82) is 5.26 Å². The van der Waals surface area contributed by atoms with Crippen molar-refractivity contribution in [2.45, 2.75) is 44.7 Å². The standard InChI is InChI=1S/C17H18N4O3/c1-2-21-15(23)12-6-5-11(9-13(12)19-16(21)24)14(22)20-17(10-18)7-3-4-8-17/h5-6,9H,2-4,7-8H2,1H3,(H,19,24)(H,20,22). The van der Waals surface area contributed by atoms with Crippen LogP contribution in [0.5, 0.6) is 0 Å². The first-order chi connectivity index (χ1) is 11.5. The Morgan fingerprint density at radius 2 is 2.08 bits per heavy atom. The van der Waals surface area contributed by atoms with Crippen molar-refractivity contribution in [3.63, 3.8) is 0 Å². The van der Waals surface area contributed by atoms with E-state index in [-0.39, 0.29) is 18.0 Å². The molecule has 1 aliphatic carbocycles. The molecule has 0 saturated heterocycles. The summed E-state index contributed by atoms with van der Waals surface area (Å²) < 4.78 is 1.10. The predicted molar refractivity (Wildman–Crippen MR) is 88.8 cm³/mol. The number of benzene rings is 1. The van der Waals surface area contributed by atoms with Crippen molar-refractivity contribution in [1.82, 2.24) is 14.9 Å². The Bertz CT molecular complexity index is 958. The van der Waals surface area contributed by atoms with E-state index in [4.69, 9.17) is 0 Å². The molecule has 1 aromatic heterocycles. The zero-order chi connectivity index (χ0) is 17.3. The molecular weight excluding hydrogens is 308 g/mol. The molecule has 124 valence electrons. The molecule has 3 rings (SSSR count). The number of carbonyl (C=O) groups is 1. The second-order valence-corrected chi connectivity index (χ2v) is 6.10. The zero-order valence-corrected chi connectivity index (χ0v) is 13.4. The van der Waals surface area contributed by atoms with Crippen LogP contribution in [0.25, 0.3) is 10.9 Å². The average molecular weight is 326 g/mol. The summed E-state index contributed by atoms with van der Waals surface area (Å²) >= 11 is 0. The highest BCUT2D eigenvalue weighted by Crippen LogP contribution is 2.29. The van der Waals surface area contributed by atoms with E-state index in [2.05, 4.69) is 16.4 Å². The van der Waals surface area contributed by atoms with E-state index in [0.29, 0.717) is 29.3 Å². The maximum Gasteiger partial charge on any atom is 0.328 e. The summed E-state index contributed by atoms with van der Waals surface area (Å²) in [5.74, 6) is -0.374. The Morgan fingerprint density at radius 3 is 2.71 bits per heavy atom. The van der Waals surface area contributed by atoms with Gasteiger partial charge in [-0.15, -0.1) is 0 Å². The highest BCUT2D eigenvalue weighted by Gasteiger charge is 2.35. The Kier molecular flexibility index (Phi) is 3.97. The third kappa shape index (κ3) is 2.60. The normalized spacial score (nSPS) is 16.0. The molecule has 1 heterocycles. The molecule has 0 spiro atoms. The Morgan fingerprint density at radius 1 is 1.38 bits per heavy atom. The second kappa shape index (κ2) is 5.96. The first-order valence-corrected chi connectivity index (χ1v) is 8.00. The lowest BCUT2D eigenvalue weighted by atomic mass is 9.99. The van der Waals surface area contributed by atoms with Gasteiger partial charge < -0.3 is 10.3 Å². The number of nitrogens with one attached hydrogen (secondary N) is 2. The fourth-order valence-corrected chi connectivity index (χ4v) is 3.22. The Hall–Kier alpha value is -2.88. The summed E-state index contributed by atoms with van der Waals surface area (Å²) in [6.45, 7) is 1.99. The van der Waals surface area contributed by atoms with Gasteiger partial charge in [0.2, 0.25) is 0 Å². The van der Waals surface area contributed by atoms with Gasteiger partial charge in [0, 0.05) is 12.1 Å². The molecule has 0 aliphatic heterocycles. The lowest BCUT2D eigenvalue weighted by Crippen LogP contribution is -2.45. The van der Waals surface area contributed by atoms with Crippen LogP contribution in [0.2, 0.25) is 0 Å². The van der Waals surface area contributed by atoms with E-state index in [1.54, 1.807) is 6.92 Å². The number of hydrogen-bond acceptors (Lipinski definition) is 4. The molecule has 0 unspecified atom stereocenters. The van der Waals surface area contributed by atoms with Gasteiger partial charge in [-0.3, -0.25) is 14.2 Å². The molecule has 7 heteroatoms. The molecule has 1 aromatic carbocycles. The summed E-state index contributed by atoms with van der Waals surface area (Å²) in [6, 6.07) is 6.75. The molecule has 1 amide bonds. The molecule has 0 bridgehead atoms. The van der Waals surface area contributed by atoms with Crippen molar-refractivity contribution in [3.05, 3.63) is 44.6 Å². The molecule has 2 aromatic rings. The fourth-order valence-electron chi connectivity index (χ4n) is 3.22. The average Bonchev–Trinajstić information content (AvgIpc) is 3.03. The summed E-state index contributed by atoms with van der Waals surface area (Å²) in [6.07, 6.45) is 3.10. The van der Waals surface area contributed by atoms with Gasteiger partial charge in [0.05, 0.1) is 17.0 Å². The first-order valence-electron chi connectivity index (χ1n) is 8.00. The number of amides is 1. The van der Waals surface area contributed by atoms with Crippen LogP contribution >= 0.6 is 0 Å². The van der Waals surface area contributed by atoms with Gasteiger partial charge in [0.15, 0.2) is 0 Å². The monoisotopic (exact) mass is 326 g/mol. The molecule has 24 heavy (non-hydrogen) atoms. The molecule has 2 N–H and O–H groups in total. The third-order valence-corrected chi connectivity index (χ3v) is 4.58. The van der Waals surface area contributed by atoms with Gasteiger partial charge in [-0.1, -0.05) is 0 Å². The quantitative estimate of drug-likeness (QED) is 0.885. The fraction of sp³-hybridized carbons (Fsp3) is 0.412. The molecule has 1 aliphatic rings. The van der Waals surface area contributed by atoms with E-state index in [1.165, 1.54) is 18.2 Å². The van der Waals surface area contributed by atoms with Gasteiger partial charge in [-0.2, -0.15) is 5.26 Å². The second-order valence-electron chi connectivity index (χ2n) is 6.10. The van der Waals surface area contributed by atoms with Crippen LogP contribution < -0.4 is 16.6 Å². The van der Waals surface area contributed by atoms with E-state index >= 15 is 0 Å². The van der Waals surface area contributed by atoms with Crippen LogP contribution in [0.15, 0.2) is 27.8 Å². The summed E-state index contributed by atoms with van der Waals surface area (Å²) in [5, 5.41) is 12.5. The van der Waals surface area contributed by atoms with Crippen LogP contribution in [0, 0.1) is 11.3 Å². The molecule has 1 saturated carbocycles. The summed E-state index contributed by atoms with van der Waals surface area (Å²) in [5.41, 5.74) is -1.07.